The second-order valence-corrected chi connectivity index (χ2v) is 6.05. The van der Waals surface area contributed by atoms with Crippen LogP contribution in [-0.2, 0) is 0 Å². The maximum absolute atomic E-state index is 13.2. The average Bonchev–Trinajstić information content (AvgIpc) is 2.62. The molecular weight excluding hydrogens is 255 g/mol. The molecule has 2 heterocycles. The van der Waals surface area contributed by atoms with Gasteiger partial charge in [-0.15, -0.1) is 0 Å². The molecule has 0 spiro atoms. The zero-order valence-electron chi connectivity index (χ0n) is 12.1. The Hall–Kier alpha value is -1.42. The van der Waals surface area contributed by atoms with Crippen LogP contribution >= 0.6 is 0 Å². The Morgan fingerprint density at radius 3 is 2.75 bits per heavy atom. The number of amides is 1. The average molecular weight is 276 g/mol. The molecule has 3 rings (SSSR count). The highest BCUT2D eigenvalue weighted by atomic mass is 19.1. The van der Waals surface area contributed by atoms with E-state index in [1.807, 2.05) is 4.90 Å². The molecule has 2 saturated heterocycles. The van der Waals surface area contributed by atoms with Gasteiger partial charge in [-0.1, -0.05) is 0 Å². The van der Waals surface area contributed by atoms with Crippen LogP contribution in [0.4, 0.5) is 4.39 Å². The van der Waals surface area contributed by atoms with Crippen molar-refractivity contribution in [3.63, 3.8) is 0 Å². The summed E-state index contributed by atoms with van der Waals surface area (Å²) in [5, 5.41) is 0. The molecule has 20 heavy (non-hydrogen) atoms. The summed E-state index contributed by atoms with van der Waals surface area (Å²) in [6.45, 7) is 3.40. The Labute approximate surface area is 119 Å². The maximum atomic E-state index is 13.2. The van der Waals surface area contributed by atoms with E-state index >= 15 is 0 Å². The number of nitrogens with zero attached hydrogens (tertiary/aromatic N) is 2. The number of halogens is 1. The van der Waals surface area contributed by atoms with Crippen molar-refractivity contribution in [3.8, 4) is 0 Å². The number of hydrogen-bond donors (Lipinski definition) is 0. The van der Waals surface area contributed by atoms with Crippen LogP contribution in [0.3, 0.4) is 0 Å². The molecule has 0 aromatic heterocycles. The third-order valence-corrected chi connectivity index (χ3v) is 4.85. The SMILES string of the molecule is Cc1cc(F)ccc1C(=O)N1CCC2CCC(C1)N2C. The van der Waals surface area contributed by atoms with Gasteiger partial charge in [0.25, 0.3) is 5.91 Å². The summed E-state index contributed by atoms with van der Waals surface area (Å²) in [4.78, 5) is 17.0. The van der Waals surface area contributed by atoms with Crippen molar-refractivity contribution < 1.29 is 9.18 Å². The lowest BCUT2D eigenvalue weighted by atomic mass is 10.0. The number of rotatable bonds is 1. The summed E-state index contributed by atoms with van der Waals surface area (Å²) >= 11 is 0. The second-order valence-electron chi connectivity index (χ2n) is 6.05. The molecule has 0 saturated carbocycles. The lowest BCUT2D eigenvalue weighted by Gasteiger charge is -2.26. The minimum Gasteiger partial charge on any atom is -0.337 e. The first-order valence-electron chi connectivity index (χ1n) is 7.33. The van der Waals surface area contributed by atoms with E-state index in [0.717, 1.165) is 25.1 Å². The first-order chi connectivity index (χ1) is 9.56. The molecule has 2 atom stereocenters. The number of fused-ring (bicyclic) bond motifs is 2. The number of benzene rings is 1. The van der Waals surface area contributed by atoms with Crippen molar-refractivity contribution in [1.82, 2.24) is 9.80 Å². The Bertz CT molecular complexity index is 531. The van der Waals surface area contributed by atoms with Crippen LogP contribution in [0, 0.1) is 12.7 Å². The van der Waals surface area contributed by atoms with E-state index in [0.29, 0.717) is 17.6 Å². The van der Waals surface area contributed by atoms with E-state index in [1.54, 1.807) is 13.0 Å². The fourth-order valence-electron chi connectivity index (χ4n) is 3.53. The fourth-order valence-corrected chi connectivity index (χ4v) is 3.53. The molecule has 2 bridgehead atoms. The van der Waals surface area contributed by atoms with Crippen molar-refractivity contribution in [2.75, 3.05) is 20.1 Å². The molecule has 0 aliphatic carbocycles. The van der Waals surface area contributed by atoms with Gasteiger partial charge in [0.2, 0.25) is 0 Å². The standard InChI is InChI=1S/C16H21FN2O/c1-11-9-12(17)3-6-15(11)16(20)19-8-7-13-4-5-14(10-19)18(13)2/h3,6,9,13-14H,4-5,7-8,10H2,1-2H3. The molecule has 1 aromatic carbocycles. The first kappa shape index (κ1) is 13.6. The molecule has 2 aliphatic heterocycles. The van der Waals surface area contributed by atoms with Gasteiger partial charge < -0.3 is 4.90 Å². The quantitative estimate of drug-likeness (QED) is 0.786. The summed E-state index contributed by atoms with van der Waals surface area (Å²) in [5.41, 5.74) is 1.35. The molecular formula is C16H21FN2O. The van der Waals surface area contributed by atoms with Gasteiger partial charge >= 0.3 is 0 Å². The number of likely N-dealkylation sites (tertiary alicyclic amines) is 1. The van der Waals surface area contributed by atoms with E-state index in [2.05, 4.69) is 11.9 Å². The van der Waals surface area contributed by atoms with E-state index in [9.17, 15) is 9.18 Å². The van der Waals surface area contributed by atoms with Crippen molar-refractivity contribution in [3.05, 3.63) is 35.1 Å². The van der Waals surface area contributed by atoms with Crippen molar-refractivity contribution in [2.45, 2.75) is 38.3 Å². The summed E-state index contributed by atoms with van der Waals surface area (Å²) < 4.78 is 13.2. The lowest BCUT2D eigenvalue weighted by Crippen LogP contribution is -2.39. The Balaban J connectivity index is 1.80. The number of likely N-dealkylation sites (N-methyl/N-ethyl adjacent to an activating group) is 1. The summed E-state index contributed by atoms with van der Waals surface area (Å²) in [6, 6.07) is 5.51. The Morgan fingerprint density at radius 2 is 2.00 bits per heavy atom. The van der Waals surface area contributed by atoms with Gasteiger partial charge in [0, 0.05) is 30.7 Å². The topological polar surface area (TPSA) is 23.6 Å². The lowest BCUT2D eigenvalue weighted by molar-refractivity contribution is 0.0739. The second kappa shape index (κ2) is 5.17. The van der Waals surface area contributed by atoms with Gasteiger partial charge in [-0.25, -0.2) is 4.39 Å². The predicted octanol–water partition coefficient (Wildman–Crippen LogP) is 2.44. The third-order valence-electron chi connectivity index (χ3n) is 4.85. The number of carbonyl (C=O) groups is 1. The zero-order chi connectivity index (χ0) is 14.3. The molecule has 1 amide bonds. The van der Waals surface area contributed by atoms with Crippen molar-refractivity contribution >= 4 is 5.91 Å². The molecule has 2 aliphatic rings. The van der Waals surface area contributed by atoms with E-state index in [-0.39, 0.29) is 11.7 Å². The highest BCUT2D eigenvalue weighted by Crippen LogP contribution is 2.29. The van der Waals surface area contributed by atoms with E-state index < -0.39 is 0 Å². The third kappa shape index (κ3) is 2.33. The van der Waals surface area contributed by atoms with Crippen LogP contribution in [0.25, 0.3) is 0 Å². The maximum Gasteiger partial charge on any atom is 0.254 e. The smallest absolute Gasteiger partial charge is 0.254 e. The molecule has 0 N–H and O–H groups in total. The van der Waals surface area contributed by atoms with Crippen LogP contribution in [0.15, 0.2) is 18.2 Å². The number of hydrogen-bond acceptors (Lipinski definition) is 2. The van der Waals surface area contributed by atoms with Crippen molar-refractivity contribution in [2.24, 2.45) is 0 Å². The minimum atomic E-state index is -0.284. The van der Waals surface area contributed by atoms with Crippen molar-refractivity contribution in [1.29, 1.82) is 0 Å². The molecule has 1 aromatic rings. The first-order valence-corrected chi connectivity index (χ1v) is 7.33. The van der Waals surface area contributed by atoms with Gasteiger partial charge in [-0.2, -0.15) is 0 Å². The molecule has 2 fully saturated rings. The largest absolute Gasteiger partial charge is 0.337 e. The molecule has 2 unspecified atom stereocenters. The van der Waals surface area contributed by atoms with E-state index in [1.165, 1.54) is 25.0 Å². The summed E-state index contributed by atoms with van der Waals surface area (Å²) in [5.74, 6) is -0.239. The van der Waals surface area contributed by atoms with Gasteiger partial charge in [0.05, 0.1) is 0 Å². The normalized spacial score (nSPS) is 26.6. The summed E-state index contributed by atoms with van der Waals surface area (Å²) in [6.07, 6.45) is 3.46. The van der Waals surface area contributed by atoms with Gasteiger partial charge in [0.1, 0.15) is 5.82 Å². The molecule has 108 valence electrons. The number of carbonyl (C=O) groups excluding carboxylic acids is 1. The molecule has 0 radical (unpaired) electrons. The molecule has 3 nitrogen and oxygen atoms in total. The van der Waals surface area contributed by atoms with Crippen LogP contribution in [-0.4, -0.2) is 47.9 Å². The highest BCUT2D eigenvalue weighted by molar-refractivity contribution is 5.95. The zero-order valence-corrected chi connectivity index (χ0v) is 12.1. The highest BCUT2D eigenvalue weighted by Gasteiger charge is 2.36. The van der Waals surface area contributed by atoms with Crippen LogP contribution in [0.1, 0.15) is 35.2 Å². The van der Waals surface area contributed by atoms with Gasteiger partial charge in [0.15, 0.2) is 0 Å². The van der Waals surface area contributed by atoms with Gasteiger partial charge in [-0.05, 0) is 57.0 Å². The van der Waals surface area contributed by atoms with Crippen LogP contribution in [0.2, 0.25) is 0 Å². The minimum absolute atomic E-state index is 0.0449. The van der Waals surface area contributed by atoms with Crippen LogP contribution < -0.4 is 0 Å². The van der Waals surface area contributed by atoms with Gasteiger partial charge in [-0.3, -0.25) is 9.69 Å². The van der Waals surface area contributed by atoms with E-state index in [4.69, 9.17) is 0 Å². The predicted molar refractivity (Wildman–Crippen MR) is 76.2 cm³/mol. The molecule has 4 heteroatoms. The van der Waals surface area contributed by atoms with Crippen LogP contribution in [0.5, 0.6) is 0 Å². The Kier molecular flexibility index (Phi) is 3.50. The fraction of sp³-hybridized carbons (Fsp3) is 0.562. The Morgan fingerprint density at radius 1 is 1.25 bits per heavy atom. The monoisotopic (exact) mass is 276 g/mol. The number of aryl methyl sites for hydroxylation is 1. The summed E-state index contributed by atoms with van der Waals surface area (Å²) in [7, 11) is 2.17.